The van der Waals surface area contributed by atoms with Crippen LogP contribution in [0.25, 0.3) is 0 Å². The Morgan fingerprint density at radius 3 is 0.944 bits per heavy atom. The summed E-state index contributed by atoms with van der Waals surface area (Å²) in [6.07, 6.45) is -0.523. The second-order valence-corrected chi connectivity index (χ2v) is 22.3. The third-order valence-corrected chi connectivity index (χ3v) is 12.6. The fourth-order valence-electron chi connectivity index (χ4n) is 7.25. The Morgan fingerprint density at radius 2 is 0.663 bits per heavy atom. The van der Waals surface area contributed by atoms with Gasteiger partial charge >= 0.3 is 12.1 Å². The van der Waals surface area contributed by atoms with E-state index >= 15 is 0 Å². The summed E-state index contributed by atoms with van der Waals surface area (Å²) in [7, 11) is 0. The van der Waals surface area contributed by atoms with Crippen LogP contribution in [-0.4, -0.2) is 88.3 Å². The normalized spacial score (nSPS) is 10.2. The van der Waals surface area contributed by atoms with E-state index in [1.165, 1.54) is 33.4 Å². The van der Waals surface area contributed by atoms with Crippen molar-refractivity contribution in [3.8, 4) is 23.0 Å². The van der Waals surface area contributed by atoms with E-state index in [9.17, 15) is 28.8 Å². The topological polar surface area (TPSA) is 315 Å². The van der Waals surface area contributed by atoms with Gasteiger partial charge in [-0.2, -0.15) is 0 Å². The van der Waals surface area contributed by atoms with Crippen molar-refractivity contribution in [1.82, 2.24) is 5.32 Å². The maximum atomic E-state index is 10.7. The number of nitrogens with two attached hydrogens (primary N) is 5. The fraction of sp³-hybridized carbons (Fsp3) is 0.400. The average molecular weight is 1230 g/mol. The molecule has 0 unspecified atom stereocenters. The van der Waals surface area contributed by atoms with Crippen LogP contribution in [0.4, 0.5) is 21.0 Å². The van der Waals surface area contributed by atoms with Crippen LogP contribution in [0.1, 0.15) is 165 Å². The number of primary amides is 5. The second kappa shape index (κ2) is 44.2. The number of urea groups is 1. The predicted octanol–water partition coefficient (Wildman–Crippen LogP) is 12.4. The number of anilines is 2. The summed E-state index contributed by atoms with van der Waals surface area (Å²) in [6.45, 7) is 29.5. The molecule has 0 saturated carbocycles. The Labute approximate surface area is 528 Å². The molecule has 0 heterocycles. The van der Waals surface area contributed by atoms with Crippen LogP contribution < -0.4 is 63.6 Å². The zero-order chi connectivity index (χ0) is 66.8. The molecule has 6 aromatic carbocycles. The molecule has 19 heteroatoms. The highest BCUT2D eigenvalue weighted by molar-refractivity contribution is 5.80. The Balaban J connectivity index is 0.000000534. The van der Waals surface area contributed by atoms with E-state index in [0.717, 1.165) is 28.6 Å². The van der Waals surface area contributed by atoms with Gasteiger partial charge in [-0.15, -0.1) is 0 Å². The number of rotatable bonds is 27. The fourth-order valence-corrected chi connectivity index (χ4v) is 7.25. The van der Waals surface area contributed by atoms with Crippen LogP contribution in [0.15, 0.2) is 146 Å². The molecule has 0 aromatic heterocycles. The highest BCUT2D eigenvalue weighted by Crippen LogP contribution is 2.23. The molecular formula is C70H100N8O11. The minimum atomic E-state index is -0.779. The van der Waals surface area contributed by atoms with Crippen molar-refractivity contribution in [3.63, 3.8) is 0 Å². The molecule has 19 nitrogen and oxygen atoms in total. The molecule has 0 radical (unpaired) electrons. The molecule has 486 valence electrons. The van der Waals surface area contributed by atoms with Gasteiger partial charge in [0.15, 0.2) is 6.61 Å². The second-order valence-electron chi connectivity index (χ2n) is 22.3. The molecule has 0 saturated heterocycles. The van der Waals surface area contributed by atoms with Crippen molar-refractivity contribution in [2.24, 2.45) is 28.7 Å². The minimum Gasteiger partial charge on any atom is -0.493 e. The van der Waals surface area contributed by atoms with Crippen molar-refractivity contribution in [2.45, 2.75) is 132 Å². The lowest BCUT2D eigenvalue weighted by Crippen LogP contribution is -2.32. The Hall–Kier alpha value is -9.26. The summed E-state index contributed by atoms with van der Waals surface area (Å²) in [5.74, 6) is 5.14. The number of amides is 6. The van der Waals surface area contributed by atoms with Gasteiger partial charge in [-0.25, -0.2) is 9.59 Å². The SMILES string of the molecule is CC(=O)CNc1ccc(C(C)C)cc1.CC(C)c1ccc(NCC(N)=O)cc1.CC(C)c1ccc(OCC(N)=O)cc1.CC(C)c1ccc(OCCC(N)=O)cc1.CC(C)c1ccc(OCCNC(N)=O)cc1.CC(C)c1ccc(OCCOC(N)=O)cc1. The lowest BCUT2D eigenvalue weighted by Gasteiger charge is -2.08. The summed E-state index contributed by atoms with van der Waals surface area (Å²) in [5.41, 5.74) is 34.3. The van der Waals surface area contributed by atoms with Crippen LogP contribution in [0.5, 0.6) is 23.0 Å². The van der Waals surface area contributed by atoms with E-state index in [-0.39, 0.29) is 43.8 Å². The van der Waals surface area contributed by atoms with E-state index in [1.807, 2.05) is 133 Å². The van der Waals surface area contributed by atoms with Gasteiger partial charge in [-0.1, -0.05) is 156 Å². The smallest absolute Gasteiger partial charge is 0.404 e. The van der Waals surface area contributed by atoms with Gasteiger partial charge in [0.25, 0.3) is 5.91 Å². The summed E-state index contributed by atoms with van der Waals surface area (Å²) in [5, 5.41) is 8.46. The average Bonchev–Trinajstić information content (AvgIpc) is 3.67. The Kier molecular flexibility index (Phi) is 38.6. The van der Waals surface area contributed by atoms with Crippen LogP contribution in [0, 0.1) is 0 Å². The minimum absolute atomic E-state index is 0.0684. The summed E-state index contributed by atoms with van der Waals surface area (Å²) in [6, 6.07) is 47.0. The zero-order valence-corrected chi connectivity index (χ0v) is 54.6. The monoisotopic (exact) mass is 1230 g/mol. The number of hydrogen-bond donors (Lipinski definition) is 8. The third kappa shape index (κ3) is 38.5. The van der Waals surface area contributed by atoms with Crippen molar-refractivity contribution in [2.75, 3.05) is 63.3 Å². The molecule has 0 spiro atoms. The molecular weight excluding hydrogens is 1130 g/mol. The molecule has 6 amide bonds. The van der Waals surface area contributed by atoms with E-state index in [0.29, 0.717) is 74.2 Å². The molecule has 0 atom stereocenters. The van der Waals surface area contributed by atoms with Gasteiger partial charge in [0.05, 0.1) is 32.7 Å². The largest absolute Gasteiger partial charge is 0.493 e. The van der Waals surface area contributed by atoms with Crippen molar-refractivity contribution in [3.05, 3.63) is 179 Å². The van der Waals surface area contributed by atoms with Gasteiger partial charge in [0.2, 0.25) is 11.8 Å². The number of hydrogen-bond acceptors (Lipinski definition) is 13. The first-order chi connectivity index (χ1) is 42.1. The van der Waals surface area contributed by atoms with E-state index in [4.69, 9.17) is 47.6 Å². The lowest BCUT2D eigenvalue weighted by atomic mass is 10.0. The molecule has 6 aromatic rings. The first kappa shape index (κ1) is 77.8. The quantitative estimate of drug-likeness (QED) is 0.0223. The van der Waals surface area contributed by atoms with Crippen LogP contribution >= 0.6 is 0 Å². The number of benzene rings is 6. The number of carbonyl (C=O) groups excluding carboxylic acids is 6. The third-order valence-electron chi connectivity index (χ3n) is 12.6. The molecule has 0 fully saturated rings. The van der Waals surface area contributed by atoms with Crippen LogP contribution in [0.3, 0.4) is 0 Å². The van der Waals surface area contributed by atoms with E-state index in [2.05, 4.69) is 116 Å². The Bertz CT molecular complexity index is 2710. The highest BCUT2D eigenvalue weighted by Gasteiger charge is 2.06. The predicted molar refractivity (Wildman–Crippen MR) is 358 cm³/mol. The van der Waals surface area contributed by atoms with Gasteiger partial charge in [-0.3, -0.25) is 19.2 Å². The summed E-state index contributed by atoms with van der Waals surface area (Å²) >= 11 is 0. The Morgan fingerprint density at radius 1 is 0.360 bits per heavy atom. The molecule has 89 heavy (non-hydrogen) atoms. The molecule has 0 aliphatic heterocycles. The summed E-state index contributed by atoms with van der Waals surface area (Å²) in [4.78, 5) is 62.8. The van der Waals surface area contributed by atoms with Gasteiger partial charge < -0.3 is 68.3 Å². The maximum absolute atomic E-state index is 10.7. The van der Waals surface area contributed by atoms with E-state index in [1.54, 1.807) is 6.92 Å². The first-order valence-electron chi connectivity index (χ1n) is 29.9. The van der Waals surface area contributed by atoms with Crippen LogP contribution in [0.2, 0.25) is 0 Å². The number of carbonyl (C=O) groups is 6. The first-order valence-corrected chi connectivity index (χ1v) is 29.9. The van der Waals surface area contributed by atoms with Crippen molar-refractivity contribution < 1.29 is 52.5 Å². The number of nitrogens with one attached hydrogen (secondary N) is 3. The zero-order valence-electron chi connectivity index (χ0n) is 54.6. The number of ketones is 1. The molecule has 0 aliphatic rings. The van der Waals surface area contributed by atoms with Crippen molar-refractivity contribution >= 4 is 47.0 Å². The van der Waals surface area contributed by atoms with Crippen LogP contribution in [-0.2, 0) is 23.9 Å². The molecule has 0 bridgehead atoms. The molecule has 13 N–H and O–H groups in total. The molecule has 6 rings (SSSR count). The number of Topliss-reactive ketones (excluding diaryl/α,β-unsaturated/α-hetero) is 1. The standard InChI is InChI=1S/C12H18N2O2.C12H17NO3.C12H17NO2.C12H17NO.C11H16N2O.C11H15NO2/c1-9(2)10-3-5-11(6-4-10)16-8-7-14-12(13)15;1-9(2)10-3-5-11(6-4-10)15-7-8-16-12(13)14;1-9(2)10-3-5-11(6-4-10)15-8-7-12(13)14;1-9(2)11-4-6-12(7-5-11)13-8-10(3)14;1-8(2)9-3-5-10(6-4-9)13-7-11(12)14;1-8(2)9-3-5-10(6-4-9)14-7-11(12)13/h3-6,9H,7-8H2,1-2H3,(H3,13,14,15);3-6,9H,7-8H2,1-2H3,(H2,13,14);3-6,9H,7-8H2,1-2H3,(H2,13,14);4-7,9,13H,8H2,1-3H3;3-6,8,13H,7H2,1-2H3,(H2,12,14);3-6,8H,7H2,1-2H3,(H2,12,13). The molecule has 0 aliphatic carbocycles. The van der Waals surface area contributed by atoms with Gasteiger partial charge in [-0.05, 0) is 149 Å². The highest BCUT2D eigenvalue weighted by atomic mass is 16.6. The van der Waals surface area contributed by atoms with Crippen molar-refractivity contribution in [1.29, 1.82) is 0 Å². The summed E-state index contributed by atoms with van der Waals surface area (Å²) < 4.78 is 25.8. The maximum Gasteiger partial charge on any atom is 0.404 e. The van der Waals surface area contributed by atoms with Gasteiger partial charge in [0.1, 0.15) is 48.6 Å². The van der Waals surface area contributed by atoms with Gasteiger partial charge in [0, 0.05) is 11.4 Å². The number of ether oxygens (including phenoxy) is 5. The van der Waals surface area contributed by atoms with E-state index < -0.39 is 18.0 Å². The lowest BCUT2D eigenvalue weighted by molar-refractivity contribution is -0.120.